The van der Waals surface area contributed by atoms with E-state index in [1.54, 1.807) is 65.8 Å². The van der Waals surface area contributed by atoms with Gasteiger partial charge in [-0.3, -0.25) is 4.79 Å². The van der Waals surface area contributed by atoms with Gasteiger partial charge >= 0.3 is 7.12 Å². The Kier molecular flexibility index (Phi) is 6.42. The molecule has 1 N–H and O–H groups in total. The monoisotopic (exact) mass is 573 g/mol. The first kappa shape index (κ1) is 27.7. The molecule has 41 heavy (non-hydrogen) atoms. The van der Waals surface area contributed by atoms with Crippen LogP contribution in [0.25, 0.3) is 22.2 Å². The van der Waals surface area contributed by atoms with E-state index in [-0.39, 0.29) is 16.4 Å². The first-order valence-corrected chi connectivity index (χ1v) is 15.0. The number of aliphatic hydroxyl groups excluding tert-OH is 1. The predicted octanol–water partition coefficient (Wildman–Crippen LogP) is 3.36. The summed E-state index contributed by atoms with van der Waals surface area (Å²) in [6, 6.07) is 15.6. The fourth-order valence-electron chi connectivity index (χ4n) is 5.04. The summed E-state index contributed by atoms with van der Waals surface area (Å²) in [4.78, 5) is 19.1. The summed E-state index contributed by atoms with van der Waals surface area (Å²) in [7, 11) is -4.64. The molecule has 212 valence electrons. The highest BCUT2D eigenvalue weighted by Gasteiger charge is 2.52. The molecular formula is C30H32BN3O6S. The second kappa shape index (κ2) is 9.52. The number of aliphatic hydroxyl groups is 1. The SMILES string of the molecule is Cc1ccc(S(=O)(=O)n2cc(-c3ccc(C(=O)N4CC(O)C4)cc3)c3cc(B4OC(C)(C)C(C)(C)O4)cnc32)cc1. The highest BCUT2D eigenvalue weighted by molar-refractivity contribution is 7.90. The average molecular weight is 573 g/mol. The molecule has 2 aromatic carbocycles. The molecule has 4 aromatic rings. The number of hydrogen-bond donors (Lipinski definition) is 1. The highest BCUT2D eigenvalue weighted by Crippen LogP contribution is 2.37. The fraction of sp³-hybridized carbons (Fsp3) is 0.333. The van der Waals surface area contributed by atoms with E-state index in [4.69, 9.17) is 9.31 Å². The van der Waals surface area contributed by atoms with Crippen molar-refractivity contribution in [3.63, 3.8) is 0 Å². The van der Waals surface area contributed by atoms with E-state index in [2.05, 4.69) is 4.98 Å². The van der Waals surface area contributed by atoms with Crippen LogP contribution in [-0.2, 0) is 19.3 Å². The lowest BCUT2D eigenvalue weighted by molar-refractivity contribution is 0.00578. The number of aromatic nitrogens is 2. The average Bonchev–Trinajstić information content (AvgIpc) is 3.40. The van der Waals surface area contributed by atoms with E-state index < -0.39 is 34.4 Å². The molecule has 0 aliphatic carbocycles. The van der Waals surface area contributed by atoms with Crippen molar-refractivity contribution < 1.29 is 27.6 Å². The van der Waals surface area contributed by atoms with Crippen LogP contribution in [-0.4, -0.2) is 70.8 Å². The van der Waals surface area contributed by atoms with Gasteiger partial charge in [-0.2, -0.15) is 0 Å². The number of hydrogen-bond acceptors (Lipinski definition) is 7. The number of amides is 1. The highest BCUT2D eigenvalue weighted by atomic mass is 32.2. The fourth-order valence-corrected chi connectivity index (χ4v) is 6.36. The van der Waals surface area contributed by atoms with Crippen molar-refractivity contribution in [2.24, 2.45) is 0 Å². The number of β-amino-alcohol motifs (C(OH)–C–C–N with tert-alkyl or cyclic N) is 1. The van der Waals surface area contributed by atoms with Crippen LogP contribution in [0.3, 0.4) is 0 Å². The molecule has 0 atom stereocenters. The number of fused-ring (bicyclic) bond motifs is 1. The molecular weight excluding hydrogens is 541 g/mol. The van der Waals surface area contributed by atoms with E-state index in [0.717, 1.165) is 11.1 Å². The molecule has 0 spiro atoms. The molecule has 2 aliphatic rings. The van der Waals surface area contributed by atoms with Crippen LogP contribution in [0.4, 0.5) is 0 Å². The summed E-state index contributed by atoms with van der Waals surface area (Å²) in [5, 5.41) is 10.2. The lowest BCUT2D eigenvalue weighted by atomic mass is 9.79. The summed E-state index contributed by atoms with van der Waals surface area (Å²) in [6.07, 6.45) is 2.69. The molecule has 0 bridgehead atoms. The van der Waals surface area contributed by atoms with Crippen molar-refractivity contribution in [3.05, 3.63) is 78.1 Å². The van der Waals surface area contributed by atoms with Crippen LogP contribution in [0.2, 0.25) is 0 Å². The van der Waals surface area contributed by atoms with E-state index in [1.165, 1.54) is 3.97 Å². The van der Waals surface area contributed by atoms with Crippen molar-refractivity contribution >= 4 is 39.5 Å². The molecule has 6 rings (SSSR count). The van der Waals surface area contributed by atoms with Gasteiger partial charge in [-0.05, 0) is 70.5 Å². The number of carbonyl (C=O) groups excluding carboxylic acids is 1. The first-order valence-electron chi connectivity index (χ1n) is 13.5. The largest absolute Gasteiger partial charge is 0.496 e. The van der Waals surface area contributed by atoms with Crippen molar-refractivity contribution in [2.45, 2.75) is 56.8 Å². The Morgan fingerprint density at radius 3 is 2.20 bits per heavy atom. The Labute approximate surface area is 239 Å². The van der Waals surface area contributed by atoms with Crippen molar-refractivity contribution in [3.8, 4) is 11.1 Å². The number of pyridine rings is 1. The second-order valence-corrected chi connectivity index (χ2v) is 13.6. The zero-order valence-corrected chi connectivity index (χ0v) is 24.5. The van der Waals surface area contributed by atoms with Crippen LogP contribution in [0, 0.1) is 6.92 Å². The van der Waals surface area contributed by atoms with Gasteiger partial charge in [0.05, 0.1) is 22.2 Å². The van der Waals surface area contributed by atoms with E-state index in [9.17, 15) is 18.3 Å². The predicted molar refractivity (Wildman–Crippen MR) is 157 cm³/mol. The van der Waals surface area contributed by atoms with Gasteiger partial charge in [0.25, 0.3) is 15.9 Å². The Morgan fingerprint density at radius 1 is 1.00 bits per heavy atom. The Bertz CT molecular complexity index is 1740. The number of rotatable bonds is 5. The van der Waals surface area contributed by atoms with Crippen molar-refractivity contribution in [2.75, 3.05) is 13.1 Å². The minimum absolute atomic E-state index is 0.154. The minimum Gasteiger partial charge on any atom is -0.399 e. The molecule has 0 saturated carbocycles. The Morgan fingerprint density at radius 2 is 1.61 bits per heavy atom. The van der Waals surface area contributed by atoms with Gasteiger partial charge in [0.15, 0.2) is 5.65 Å². The van der Waals surface area contributed by atoms with E-state index >= 15 is 0 Å². The van der Waals surface area contributed by atoms with Crippen LogP contribution < -0.4 is 5.46 Å². The Balaban J connectivity index is 1.46. The minimum atomic E-state index is -3.97. The standard InChI is InChI=1S/C30H32BN3O6S/c1-19-6-12-24(13-7-19)41(37,38)34-18-26(20-8-10-21(11-9-20)28(36)33-16-23(35)17-33)25-14-22(15-32-27(25)34)31-39-29(2,3)30(4,5)40-31/h6-15,18,23,35H,16-17H2,1-5H3. The molecule has 2 saturated heterocycles. The molecule has 4 heterocycles. The second-order valence-electron chi connectivity index (χ2n) is 11.8. The maximum absolute atomic E-state index is 13.8. The van der Waals surface area contributed by atoms with Crippen LogP contribution in [0.5, 0.6) is 0 Å². The van der Waals surface area contributed by atoms with E-state index in [1.807, 2.05) is 40.7 Å². The molecule has 2 fully saturated rings. The number of benzene rings is 2. The number of likely N-dealkylation sites (tertiary alicyclic amines) is 1. The summed E-state index contributed by atoms with van der Waals surface area (Å²) in [5.41, 5.74) is 2.65. The molecule has 11 heteroatoms. The molecule has 0 radical (unpaired) electrons. The zero-order chi connectivity index (χ0) is 29.3. The van der Waals surface area contributed by atoms with Gasteiger partial charge in [-0.1, -0.05) is 29.8 Å². The topological polar surface area (TPSA) is 111 Å². The smallest absolute Gasteiger partial charge is 0.399 e. The summed E-state index contributed by atoms with van der Waals surface area (Å²) in [5.74, 6) is -0.157. The normalized spacial score (nSPS) is 18.6. The van der Waals surface area contributed by atoms with Gasteiger partial charge in [0, 0.05) is 47.5 Å². The molecule has 1 amide bonds. The Hall–Kier alpha value is -3.51. The van der Waals surface area contributed by atoms with Crippen LogP contribution in [0.1, 0.15) is 43.6 Å². The van der Waals surface area contributed by atoms with Gasteiger partial charge in [0.2, 0.25) is 0 Å². The maximum Gasteiger partial charge on any atom is 0.496 e. The lowest BCUT2D eigenvalue weighted by Gasteiger charge is -2.35. The number of nitrogens with zero attached hydrogens (tertiary/aromatic N) is 3. The third kappa shape index (κ3) is 4.66. The number of aryl methyl sites for hydroxylation is 1. The third-order valence-electron chi connectivity index (χ3n) is 8.33. The first-order chi connectivity index (χ1) is 19.3. The van der Waals surface area contributed by atoms with Gasteiger partial charge < -0.3 is 19.3 Å². The molecule has 2 aromatic heterocycles. The van der Waals surface area contributed by atoms with Gasteiger partial charge in [-0.15, -0.1) is 0 Å². The summed E-state index contributed by atoms with van der Waals surface area (Å²) >= 11 is 0. The van der Waals surface area contributed by atoms with Crippen molar-refractivity contribution in [1.29, 1.82) is 0 Å². The maximum atomic E-state index is 13.8. The molecule has 0 unspecified atom stereocenters. The zero-order valence-electron chi connectivity index (χ0n) is 23.7. The molecule has 2 aliphatic heterocycles. The van der Waals surface area contributed by atoms with Gasteiger partial charge in [0.1, 0.15) is 0 Å². The lowest BCUT2D eigenvalue weighted by Crippen LogP contribution is -2.53. The van der Waals surface area contributed by atoms with Crippen molar-refractivity contribution in [1.82, 2.24) is 13.9 Å². The third-order valence-corrected chi connectivity index (χ3v) is 9.99. The quantitative estimate of drug-likeness (QED) is 0.365. The van der Waals surface area contributed by atoms with Gasteiger partial charge in [-0.25, -0.2) is 17.4 Å². The van der Waals surface area contributed by atoms with Crippen LogP contribution in [0.15, 0.2) is 71.9 Å². The molecule has 9 nitrogen and oxygen atoms in total. The van der Waals surface area contributed by atoms with Crippen LogP contribution >= 0.6 is 0 Å². The number of carbonyl (C=O) groups is 1. The van der Waals surface area contributed by atoms with E-state index in [0.29, 0.717) is 35.1 Å². The summed E-state index contributed by atoms with van der Waals surface area (Å²) < 4.78 is 41.3. The summed E-state index contributed by atoms with van der Waals surface area (Å²) in [6.45, 7) is 10.4.